The summed E-state index contributed by atoms with van der Waals surface area (Å²) in [6, 6.07) is 11.9. The van der Waals surface area contributed by atoms with Gasteiger partial charge in [0.05, 0.1) is 6.04 Å². The Bertz CT molecular complexity index is 870. The van der Waals surface area contributed by atoms with E-state index in [-0.39, 0.29) is 29.8 Å². The molecule has 150 valence electrons. The van der Waals surface area contributed by atoms with E-state index in [1.807, 2.05) is 37.9 Å². The van der Waals surface area contributed by atoms with Crippen LogP contribution in [0.1, 0.15) is 64.6 Å². The number of benzene rings is 1. The van der Waals surface area contributed by atoms with Crippen molar-refractivity contribution in [2.75, 3.05) is 6.54 Å². The molecule has 1 saturated heterocycles. The number of aromatic nitrogens is 1. The minimum Gasteiger partial charge on any atom is -0.446 e. The lowest BCUT2D eigenvalue weighted by Gasteiger charge is -2.36. The van der Waals surface area contributed by atoms with E-state index < -0.39 is 0 Å². The summed E-state index contributed by atoms with van der Waals surface area (Å²) in [5, 5.41) is 0. The standard InChI is InChI=1S/C23H30N2O3/c1-5-20-13-14-24(23(27)28-20)21(6-2)18-9-7-17(8-10-18)19-11-12-22(26)25(15-19)16(3)4/h7-12,15-16,20-21H,5-6,13-14H2,1-4H3. The van der Waals surface area contributed by atoms with Gasteiger partial charge >= 0.3 is 6.09 Å². The monoisotopic (exact) mass is 382 g/mol. The number of hydrogen-bond acceptors (Lipinski definition) is 3. The van der Waals surface area contributed by atoms with Crippen LogP contribution in [0, 0.1) is 0 Å². The number of carbonyl (C=O) groups excluding carboxylic acids is 1. The van der Waals surface area contributed by atoms with Gasteiger partial charge in [-0.05, 0) is 49.4 Å². The van der Waals surface area contributed by atoms with E-state index >= 15 is 0 Å². The molecule has 1 fully saturated rings. The zero-order chi connectivity index (χ0) is 20.3. The molecule has 0 aliphatic carbocycles. The zero-order valence-corrected chi connectivity index (χ0v) is 17.2. The van der Waals surface area contributed by atoms with Crippen molar-refractivity contribution in [1.82, 2.24) is 9.47 Å². The minimum atomic E-state index is -0.210. The van der Waals surface area contributed by atoms with Gasteiger partial charge in [-0.1, -0.05) is 38.1 Å². The Kier molecular flexibility index (Phi) is 6.22. The lowest BCUT2D eigenvalue weighted by atomic mass is 9.98. The third-order valence-corrected chi connectivity index (χ3v) is 5.54. The van der Waals surface area contributed by atoms with Crippen LogP contribution in [0.5, 0.6) is 0 Å². The number of ether oxygens (including phenoxy) is 1. The Balaban J connectivity index is 1.82. The summed E-state index contributed by atoms with van der Waals surface area (Å²) in [7, 11) is 0. The minimum absolute atomic E-state index is 0.00964. The van der Waals surface area contributed by atoms with E-state index in [9.17, 15) is 9.59 Å². The summed E-state index contributed by atoms with van der Waals surface area (Å²) in [4.78, 5) is 26.3. The average Bonchev–Trinajstić information content (AvgIpc) is 2.70. The first-order valence-corrected chi connectivity index (χ1v) is 10.2. The number of carbonyl (C=O) groups is 1. The molecule has 2 atom stereocenters. The lowest BCUT2D eigenvalue weighted by Crippen LogP contribution is -2.43. The molecule has 1 aliphatic heterocycles. The molecule has 0 saturated carbocycles. The summed E-state index contributed by atoms with van der Waals surface area (Å²) >= 11 is 0. The van der Waals surface area contributed by atoms with Crippen LogP contribution in [0.4, 0.5) is 4.79 Å². The lowest BCUT2D eigenvalue weighted by molar-refractivity contribution is 0.00885. The Labute approximate surface area is 166 Å². The second-order valence-corrected chi connectivity index (χ2v) is 7.70. The molecule has 3 rings (SSSR count). The van der Waals surface area contributed by atoms with Crippen molar-refractivity contribution >= 4 is 6.09 Å². The Hall–Kier alpha value is -2.56. The maximum atomic E-state index is 12.4. The normalized spacial score (nSPS) is 18.2. The third-order valence-electron chi connectivity index (χ3n) is 5.54. The predicted octanol–water partition coefficient (Wildman–Crippen LogP) is 5.17. The highest BCUT2D eigenvalue weighted by atomic mass is 16.6. The highest BCUT2D eigenvalue weighted by molar-refractivity contribution is 5.69. The first-order chi connectivity index (χ1) is 13.4. The van der Waals surface area contributed by atoms with Crippen LogP contribution in [0.15, 0.2) is 47.4 Å². The molecule has 0 spiro atoms. The molecule has 5 nitrogen and oxygen atoms in total. The molecule has 1 amide bonds. The van der Waals surface area contributed by atoms with Crippen LogP contribution in [-0.2, 0) is 4.74 Å². The molecule has 28 heavy (non-hydrogen) atoms. The van der Waals surface area contributed by atoms with Crippen LogP contribution in [-0.4, -0.2) is 28.2 Å². The fraction of sp³-hybridized carbons (Fsp3) is 0.478. The van der Waals surface area contributed by atoms with Crippen molar-refractivity contribution in [3.05, 3.63) is 58.5 Å². The topological polar surface area (TPSA) is 51.5 Å². The van der Waals surface area contributed by atoms with Crippen molar-refractivity contribution < 1.29 is 9.53 Å². The first-order valence-electron chi connectivity index (χ1n) is 10.2. The number of hydrogen-bond donors (Lipinski definition) is 0. The second kappa shape index (κ2) is 8.63. The molecule has 2 aromatic rings. The summed E-state index contributed by atoms with van der Waals surface area (Å²) < 4.78 is 7.29. The maximum absolute atomic E-state index is 12.4. The quantitative estimate of drug-likeness (QED) is 0.693. The highest BCUT2D eigenvalue weighted by Gasteiger charge is 2.31. The molecule has 1 aliphatic rings. The van der Waals surface area contributed by atoms with Gasteiger partial charge < -0.3 is 14.2 Å². The van der Waals surface area contributed by atoms with Crippen LogP contribution in [0.2, 0.25) is 0 Å². The number of rotatable bonds is 6. The van der Waals surface area contributed by atoms with E-state index in [1.54, 1.807) is 10.6 Å². The molecule has 0 radical (unpaired) electrons. The van der Waals surface area contributed by atoms with Gasteiger partial charge in [0, 0.05) is 31.3 Å². The van der Waals surface area contributed by atoms with E-state index in [0.29, 0.717) is 0 Å². The first kappa shape index (κ1) is 20.2. The predicted molar refractivity (Wildman–Crippen MR) is 111 cm³/mol. The third kappa shape index (κ3) is 4.13. The van der Waals surface area contributed by atoms with Crippen LogP contribution >= 0.6 is 0 Å². The van der Waals surface area contributed by atoms with Crippen LogP contribution < -0.4 is 5.56 Å². The number of nitrogens with zero attached hydrogens (tertiary/aromatic N) is 2. The summed E-state index contributed by atoms with van der Waals surface area (Å²) in [6.45, 7) is 8.88. The molecular weight excluding hydrogens is 352 g/mol. The molecular formula is C23H30N2O3. The largest absolute Gasteiger partial charge is 0.446 e. The van der Waals surface area contributed by atoms with Gasteiger partial charge in [-0.25, -0.2) is 4.79 Å². The Morgan fingerprint density at radius 2 is 1.71 bits per heavy atom. The fourth-order valence-electron chi connectivity index (χ4n) is 3.83. The van der Waals surface area contributed by atoms with Crippen molar-refractivity contribution in [2.45, 2.75) is 65.1 Å². The summed E-state index contributed by atoms with van der Waals surface area (Å²) in [5.41, 5.74) is 3.18. The molecule has 5 heteroatoms. The average molecular weight is 383 g/mol. The van der Waals surface area contributed by atoms with Gasteiger partial charge in [0.25, 0.3) is 5.56 Å². The van der Waals surface area contributed by atoms with Gasteiger partial charge in [0.15, 0.2) is 0 Å². The summed E-state index contributed by atoms with van der Waals surface area (Å²) in [6.07, 6.45) is 4.32. The molecule has 2 unspecified atom stereocenters. The van der Waals surface area contributed by atoms with Gasteiger partial charge in [-0.3, -0.25) is 4.79 Å². The number of amides is 1. The number of cyclic esters (lactones) is 1. The van der Waals surface area contributed by atoms with E-state index in [1.165, 1.54) is 0 Å². The molecule has 1 aromatic carbocycles. The maximum Gasteiger partial charge on any atom is 0.410 e. The van der Waals surface area contributed by atoms with Gasteiger partial charge in [0.1, 0.15) is 6.10 Å². The van der Waals surface area contributed by atoms with Gasteiger partial charge in [-0.2, -0.15) is 0 Å². The van der Waals surface area contributed by atoms with Crippen molar-refractivity contribution in [1.29, 1.82) is 0 Å². The molecule has 0 N–H and O–H groups in total. The van der Waals surface area contributed by atoms with Crippen LogP contribution in [0.25, 0.3) is 11.1 Å². The Morgan fingerprint density at radius 1 is 1.04 bits per heavy atom. The SMILES string of the molecule is CCC1CCN(C(CC)c2ccc(-c3ccc(=O)n(C(C)C)c3)cc2)C(=O)O1. The van der Waals surface area contributed by atoms with Crippen molar-refractivity contribution in [3.63, 3.8) is 0 Å². The van der Waals surface area contributed by atoms with E-state index in [4.69, 9.17) is 4.74 Å². The zero-order valence-electron chi connectivity index (χ0n) is 17.2. The smallest absolute Gasteiger partial charge is 0.410 e. The van der Waals surface area contributed by atoms with Crippen molar-refractivity contribution in [2.24, 2.45) is 0 Å². The highest BCUT2D eigenvalue weighted by Crippen LogP contribution is 2.30. The second-order valence-electron chi connectivity index (χ2n) is 7.70. The molecule has 0 bridgehead atoms. The van der Waals surface area contributed by atoms with E-state index in [0.717, 1.165) is 42.5 Å². The molecule has 2 heterocycles. The van der Waals surface area contributed by atoms with E-state index in [2.05, 4.69) is 31.2 Å². The van der Waals surface area contributed by atoms with Gasteiger partial charge in [0.2, 0.25) is 0 Å². The number of pyridine rings is 1. The van der Waals surface area contributed by atoms with Crippen molar-refractivity contribution in [3.8, 4) is 11.1 Å². The summed E-state index contributed by atoms with van der Waals surface area (Å²) in [5.74, 6) is 0. The fourth-order valence-corrected chi connectivity index (χ4v) is 3.83. The Morgan fingerprint density at radius 3 is 2.29 bits per heavy atom. The van der Waals surface area contributed by atoms with Crippen LogP contribution in [0.3, 0.4) is 0 Å². The van der Waals surface area contributed by atoms with Gasteiger partial charge in [-0.15, -0.1) is 0 Å². The molecule has 1 aromatic heterocycles.